The van der Waals surface area contributed by atoms with Crippen LogP contribution in [0.15, 0.2) is 47.8 Å². The molecule has 2 rings (SSSR count). The number of hydrogen-bond acceptors (Lipinski definition) is 4. The number of aryl methyl sites for hydroxylation is 1. The molecule has 0 radical (unpaired) electrons. The maximum atomic E-state index is 4.43. The number of benzene rings is 1. The van der Waals surface area contributed by atoms with Crippen molar-refractivity contribution in [3.05, 3.63) is 54.1 Å². The summed E-state index contributed by atoms with van der Waals surface area (Å²) in [5.41, 5.74) is 2.34. The van der Waals surface area contributed by atoms with Crippen LogP contribution in [-0.4, -0.2) is 22.3 Å². The lowest BCUT2D eigenvalue weighted by Crippen LogP contribution is -2.25. The fraction of sp³-hybridized carbons (Fsp3) is 0.375. The van der Waals surface area contributed by atoms with E-state index in [1.165, 1.54) is 10.5 Å². The highest BCUT2D eigenvalue weighted by atomic mass is 32.2. The summed E-state index contributed by atoms with van der Waals surface area (Å²) in [6.45, 7) is 5.32. The Hall–Kier alpha value is -1.39. The average molecular weight is 287 g/mol. The van der Waals surface area contributed by atoms with Gasteiger partial charge in [0, 0.05) is 29.2 Å². The Morgan fingerprint density at radius 2 is 2.10 bits per heavy atom. The van der Waals surface area contributed by atoms with Crippen molar-refractivity contribution in [2.24, 2.45) is 0 Å². The summed E-state index contributed by atoms with van der Waals surface area (Å²) >= 11 is 1.87. The third kappa shape index (κ3) is 4.32. The van der Waals surface area contributed by atoms with Crippen LogP contribution in [0.3, 0.4) is 0 Å². The second kappa shape index (κ2) is 8.02. The van der Waals surface area contributed by atoms with Gasteiger partial charge in [0.25, 0.3) is 0 Å². The van der Waals surface area contributed by atoms with Crippen molar-refractivity contribution in [1.82, 2.24) is 15.3 Å². The van der Waals surface area contributed by atoms with E-state index in [2.05, 4.69) is 53.4 Å². The summed E-state index contributed by atoms with van der Waals surface area (Å²) in [4.78, 5) is 9.94. The first-order chi connectivity index (χ1) is 9.81. The first kappa shape index (κ1) is 15.0. The predicted octanol–water partition coefficient (Wildman–Crippen LogP) is 3.62. The third-order valence-corrected chi connectivity index (χ3v) is 4.35. The summed E-state index contributed by atoms with van der Waals surface area (Å²) in [6.07, 6.45) is 6.45. The van der Waals surface area contributed by atoms with Gasteiger partial charge < -0.3 is 5.32 Å². The molecule has 4 heteroatoms. The Balaban J connectivity index is 2.03. The van der Waals surface area contributed by atoms with Crippen molar-refractivity contribution < 1.29 is 0 Å². The molecule has 0 saturated carbocycles. The largest absolute Gasteiger partial charge is 0.308 e. The van der Waals surface area contributed by atoms with Crippen molar-refractivity contribution in [2.45, 2.75) is 31.2 Å². The number of rotatable bonds is 7. The average Bonchev–Trinajstić information content (AvgIpc) is 2.50. The first-order valence-electron chi connectivity index (χ1n) is 6.99. The van der Waals surface area contributed by atoms with Gasteiger partial charge in [-0.25, -0.2) is 0 Å². The van der Waals surface area contributed by atoms with Crippen molar-refractivity contribution >= 4 is 11.8 Å². The van der Waals surface area contributed by atoms with Crippen LogP contribution in [0.5, 0.6) is 0 Å². The molecule has 0 saturated heterocycles. The molecular formula is C16H21N3S. The van der Waals surface area contributed by atoms with E-state index >= 15 is 0 Å². The smallest absolute Gasteiger partial charge is 0.0764 e. The molecule has 0 aliphatic rings. The number of thioether (sulfide) groups is 1. The molecule has 0 aliphatic carbocycles. The van der Waals surface area contributed by atoms with Gasteiger partial charge in [-0.15, -0.1) is 11.8 Å². The summed E-state index contributed by atoms with van der Waals surface area (Å²) in [7, 11) is 0. The highest BCUT2D eigenvalue weighted by Crippen LogP contribution is 2.26. The molecule has 1 atom stereocenters. The van der Waals surface area contributed by atoms with Crippen LogP contribution in [-0.2, 0) is 0 Å². The third-order valence-electron chi connectivity index (χ3n) is 3.08. The molecule has 0 fully saturated rings. The molecule has 0 spiro atoms. The van der Waals surface area contributed by atoms with Gasteiger partial charge in [-0.05, 0) is 31.5 Å². The molecule has 1 heterocycles. The highest BCUT2D eigenvalue weighted by molar-refractivity contribution is 7.99. The Bertz CT molecular complexity index is 516. The zero-order chi connectivity index (χ0) is 14.2. The maximum Gasteiger partial charge on any atom is 0.0764 e. The molecule has 1 unspecified atom stereocenters. The van der Waals surface area contributed by atoms with Gasteiger partial charge in [-0.3, -0.25) is 9.97 Å². The van der Waals surface area contributed by atoms with Gasteiger partial charge in [0.05, 0.1) is 11.7 Å². The Morgan fingerprint density at radius 3 is 2.80 bits per heavy atom. The lowest BCUT2D eigenvalue weighted by Gasteiger charge is -2.17. The monoisotopic (exact) mass is 287 g/mol. The van der Waals surface area contributed by atoms with Crippen LogP contribution in [0.4, 0.5) is 0 Å². The minimum atomic E-state index is 0.244. The number of nitrogens with one attached hydrogen (secondary N) is 1. The first-order valence-corrected chi connectivity index (χ1v) is 7.97. The molecule has 3 nitrogen and oxygen atoms in total. The van der Waals surface area contributed by atoms with Gasteiger partial charge in [0.15, 0.2) is 0 Å². The van der Waals surface area contributed by atoms with Crippen molar-refractivity contribution in [3.63, 3.8) is 0 Å². The van der Waals surface area contributed by atoms with E-state index < -0.39 is 0 Å². The molecule has 1 N–H and O–H groups in total. The van der Waals surface area contributed by atoms with Gasteiger partial charge in [-0.1, -0.05) is 25.1 Å². The van der Waals surface area contributed by atoms with E-state index in [1.807, 2.05) is 18.0 Å². The Kier molecular flexibility index (Phi) is 6.02. The van der Waals surface area contributed by atoms with Crippen LogP contribution >= 0.6 is 11.8 Å². The summed E-state index contributed by atoms with van der Waals surface area (Å²) < 4.78 is 0. The van der Waals surface area contributed by atoms with Crippen LogP contribution in [0, 0.1) is 6.92 Å². The van der Waals surface area contributed by atoms with Gasteiger partial charge in [0.1, 0.15) is 0 Å². The summed E-state index contributed by atoms with van der Waals surface area (Å²) in [5, 5.41) is 3.55. The van der Waals surface area contributed by atoms with Crippen molar-refractivity contribution in [2.75, 3.05) is 12.3 Å². The van der Waals surface area contributed by atoms with E-state index in [4.69, 9.17) is 0 Å². The Morgan fingerprint density at radius 1 is 1.25 bits per heavy atom. The normalized spacial score (nSPS) is 12.3. The number of nitrogens with zero attached hydrogens (tertiary/aromatic N) is 2. The zero-order valence-corrected chi connectivity index (χ0v) is 12.9. The second-order valence-corrected chi connectivity index (χ2v) is 5.78. The molecule has 0 amide bonds. The molecule has 1 aromatic carbocycles. The summed E-state index contributed by atoms with van der Waals surface area (Å²) in [5.74, 6) is 0.962. The minimum Gasteiger partial charge on any atom is -0.308 e. The SMILES string of the molecule is CCCNC(CSc1ccccc1C)c1cnccn1. The molecule has 106 valence electrons. The van der Waals surface area contributed by atoms with Crippen LogP contribution in [0.2, 0.25) is 0 Å². The van der Waals surface area contributed by atoms with E-state index in [-0.39, 0.29) is 6.04 Å². The Labute approximate surface area is 125 Å². The topological polar surface area (TPSA) is 37.8 Å². The molecular weight excluding hydrogens is 266 g/mol. The van der Waals surface area contributed by atoms with E-state index in [1.54, 1.807) is 12.4 Å². The molecule has 20 heavy (non-hydrogen) atoms. The number of hydrogen-bond donors (Lipinski definition) is 1. The molecule has 0 bridgehead atoms. The van der Waals surface area contributed by atoms with Gasteiger partial charge in [-0.2, -0.15) is 0 Å². The van der Waals surface area contributed by atoms with Crippen LogP contribution < -0.4 is 5.32 Å². The summed E-state index contributed by atoms with van der Waals surface area (Å²) in [6, 6.07) is 8.74. The fourth-order valence-corrected chi connectivity index (χ4v) is 3.05. The molecule has 0 aliphatic heterocycles. The van der Waals surface area contributed by atoms with E-state index in [0.29, 0.717) is 0 Å². The van der Waals surface area contributed by atoms with Crippen molar-refractivity contribution in [3.8, 4) is 0 Å². The molecule has 2 aromatic rings. The van der Waals surface area contributed by atoms with E-state index in [0.717, 1.165) is 24.4 Å². The lowest BCUT2D eigenvalue weighted by molar-refractivity contribution is 0.563. The lowest BCUT2D eigenvalue weighted by atomic mass is 10.2. The van der Waals surface area contributed by atoms with E-state index in [9.17, 15) is 0 Å². The minimum absolute atomic E-state index is 0.244. The maximum absolute atomic E-state index is 4.43. The van der Waals surface area contributed by atoms with Gasteiger partial charge >= 0.3 is 0 Å². The van der Waals surface area contributed by atoms with Crippen LogP contribution in [0.25, 0.3) is 0 Å². The molecule has 1 aromatic heterocycles. The highest BCUT2D eigenvalue weighted by Gasteiger charge is 2.13. The van der Waals surface area contributed by atoms with Crippen molar-refractivity contribution in [1.29, 1.82) is 0 Å². The zero-order valence-electron chi connectivity index (χ0n) is 12.0. The van der Waals surface area contributed by atoms with Gasteiger partial charge in [0.2, 0.25) is 0 Å². The van der Waals surface area contributed by atoms with Crippen LogP contribution in [0.1, 0.15) is 30.6 Å². The predicted molar refractivity (Wildman–Crippen MR) is 85.0 cm³/mol. The fourth-order valence-electron chi connectivity index (χ4n) is 1.95. The second-order valence-electron chi connectivity index (χ2n) is 4.71. The quantitative estimate of drug-likeness (QED) is 0.789. The number of aromatic nitrogens is 2. The standard InChI is InChI=1S/C16H21N3S/c1-3-8-18-15(14-11-17-9-10-19-14)12-20-16-7-5-4-6-13(16)2/h4-7,9-11,15,18H,3,8,12H2,1-2H3.